The first-order chi connectivity index (χ1) is 14.8. The number of alkyl halides is 4. The van der Waals surface area contributed by atoms with E-state index < -0.39 is 22.0 Å². The van der Waals surface area contributed by atoms with Crippen molar-refractivity contribution in [3.05, 3.63) is 34.9 Å². The molecule has 0 saturated heterocycles. The Bertz CT molecular complexity index is 663. The molecule has 0 N–H and O–H groups in total. The van der Waals surface area contributed by atoms with Crippen LogP contribution in [0.4, 0.5) is 22.0 Å². The van der Waals surface area contributed by atoms with Crippen LogP contribution in [0.2, 0.25) is 0 Å². The molecule has 2 saturated carbocycles. The van der Waals surface area contributed by atoms with E-state index in [0.717, 1.165) is 55.6 Å². The van der Waals surface area contributed by atoms with Gasteiger partial charge in [0.15, 0.2) is 0 Å². The van der Waals surface area contributed by atoms with Crippen molar-refractivity contribution < 1.29 is 22.0 Å². The van der Waals surface area contributed by atoms with E-state index in [-0.39, 0.29) is 6.67 Å². The Balaban J connectivity index is 1.35. The number of unbranched alkanes of at least 4 members (excludes halogenated alkanes) is 1. The predicted octanol–water partition coefficient (Wildman–Crippen LogP) is 9.09. The number of aryl methyl sites for hydroxylation is 1. The molecule has 31 heavy (non-hydrogen) atoms. The maximum absolute atomic E-state index is 13.9. The minimum atomic E-state index is -3.70. The summed E-state index contributed by atoms with van der Waals surface area (Å²) >= 11 is 2.03. The zero-order chi connectivity index (χ0) is 22.4. The topological polar surface area (TPSA) is 0 Å². The van der Waals surface area contributed by atoms with Crippen LogP contribution in [0.5, 0.6) is 0 Å². The van der Waals surface area contributed by atoms with Crippen molar-refractivity contribution in [3.63, 3.8) is 0 Å². The van der Waals surface area contributed by atoms with Crippen molar-refractivity contribution in [2.24, 2.45) is 23.7 Å². The summed E-state index contributed by atoms with van der Waals surface area (Å²) < 4.78 is 66.8. The Morgan fingerprint density at radius 3 is 1.71 bits per heavy atom. The Morgan fingerprint density at radius 2 is 1.26 bits per heavy atom. The molecule has 176 valence electrons. The third kappa shape index (κ3) is 7.17. The molecule has 2 aliphatic carbocycles. The summed E-state index contributed by atoms with van der Waals surface area (Å²) in [4.78, 5) is -3.70. The molecular weight excluding hydrogens is 475 g/mol. The zero-order valence-electron chi connectivity index (χ0n) is 18.1. The molecule has 0 radical (unpaired) electrons. The first-order valence-electron chi connectivity index (χ1n) is 11.9. The quantitative estimate of drug-likeness (QED) is 0.177. The molecule has 0 heterocycles. The molecule has 0 spiro atoms. The van der Waals surface area contributed by atoms with Crippen molar-refractivity contribution in [3.8, 4) is 0 Å². The Kier molecular flexibility index (Phi) is 9.24. The first kappa shape index (κ1) is 25.0. The van der Waals surface area contributed by atoms with Crippen molar-refractivity contribution in [1.82, 2.24) is 0 Å². The lowest BCUT2D eigenvalue weighted by Crippen LogP contribution is -2.26. The largest absolute Gasteiger partial charge is 0.332 e. The van der Waals surface area contributed by atoms with E-state index in [1.54, 1.807) is 0 Å². The molecule has 3 rings (SSSR count). The molecule has 0 bridgehead atoms. The molecule has 0 atom stereocenters. The second kappa shape index (κ2) is 11.5. The Labute approximate surface area is 191 Å². The molecule has 2 fully saturated rings. The van der Waals surface area contributed by atoms with Crippen LogP contribution in [-0.2, 0) is 11.3 Å². The second-order valence-electron chi connectivity index (χ2n) is 9.72. The predicted molar refractivity (Wildman–Crippen MR) is 118 cm³/mol. The minimum Gasteiger partial charge on any atom is -0.251 e. The summed E-state index contributed by atoms with van der Waals surface area (Å²) in [5.41, 5.74) is -0.786. The summed E-state index contributed by atoms with van der Waals surface area (Å²) in [5, 5.41) is 0. The van der Waals surface area contributed by atoms with Gasteiger partial charge in [0.2, 0.25) is 0 Å². The molecule has 2 aliphatic rings. The van der Waals surface area contributed by atoms with Gasteiger partial charge in [0, 0.05) is 0 Å². The molecule has 1 aromatic rings. The standard InChI is InChI=1S/C25H34BrF5/c26-25(30,31)24-22(28)15-19(16-23(24)29)4-2-1-3-17-5-9-20(10-6-17)21-11-7-18(8-12-21)13-14-27/h15-18,20-21H,1-14H2. The van der Waals surface area contributed by atoms with Gasteiger partial charge >= 0.3 is 4.83 Å². The van der Waals surface area contributed by atoms with Gasteiger partial charge in [0.25, 0.3) is 0 Å². The third-order valence-corrected chi connectivity index (χ3v) is 8.08. The Morgan fingerprint density at radius 1 is 0.774 bits per heavy atom. The average Bonchev–Trinajstić information content (AvgIpc) is 2.71. The van der Waals surface area contributed by atoms with Crippen LogP contribution in [0.25, 0.3) is 0 Å². The molecule has 1 aromatic carbocycles. The molecule has 6 heteroatoms. The fraction of sp³-hybridized carbons (Fsp3) is 0.760. The van der Waals surface area contributed by atoms with Crippen LogP contribution in [0.1, 0.15) is 88.2 Å². The molecular formula is C25H34BrF5. The normalized spacial score (nSPS) is 27.4. The van der Waals surface area contributed by atoms with E-state index in [2.05, 4.69) is 0 Å². The number of rotatable bonds is 9. The molecule has 0 unspecified atom stereocenters. The van der Waals surface area contributed by atoms with Gasteiger partial charge in [0.1, 0.15) is 17.2 Å². The van der Waals surface area contributed by atoms with E-state index in [0.29, 0.717) is 17.9 Å². The smallest absolute Gasteiger partial charge is 0.251 e. The lowest BCUT2D eigenvalue weighted by molar-refractivity contribution is 0.105. The van der Waals surface area contributed by atoms with Gasteiger partial charge in [0.05, 0.1) is 6.67 Å². The van der Waals surface area contributed by atoms with Crippen LogP contribution in [0.15, 0.2) is 12.1 Å². The van der Waals surface area contributed by atoms with Crippen molar-refractivity contribution in [1.29, 1.82) is 0 Å². The first-order valence-corrected chi connectivity index (χ1v) is 12.7. The highest BCUT2D eigenvalue weighted by molar-refractivity contribution is 9.09. The van der Waals surface area contributed by atoms with E-state index >= 15 is 0 Å². The highest BCUT2D eigenvalue weighted by Crippen LogP contribution is 2.43. The van der Waals surface area contributed by atoms with Gasteiger partial charge in [-0.25, -0.2) is 8.78 Å². The molecule has 0 aliphatic heterocycles. The number of benzene rings is 1. The Hall–Kier alpha value is -0.650. The van der Waals surface area contributed by atoms with Crippen LogP contribution in [0.3, 0.4) is 0 Å². The summed E-state index contributed by atoms with van der Waals surface area (Å²) in [5.74, 6) is 0.590. The summed E-state index contributed by atoms with van der Waals surface area (Å²) in [6.45, 7) is -0.178. The van der Waals surface area contributed by atoms with Crippen LogP contribution >= 0.6 is 15.9 Å². The molecule has 0 nitrogen and oxygen atoms in total. The molecule has 0 amide bonds. The number of hydrogen-bond donors (Lipinski definition) is 0. The SMILES string of the molecule is FCCC1CCC(C2CCC(CCCCc3cc(F)c(C(F)(F)Br)c(F)c3)CC2)CC1. The fourth-order valence-electron chi connectivity index (χ4n) is 5.85. The van der Waals surface area contributed by atoms with Gasteiger partial charge < -0.3 is 0 Å². The van der Waals surface area contributed by atoms with Gasteiger partial charge in [-0.05, 0) is 102 Å². The van der Waals surface area contributed by atoms with Crippen molar-refractivity contribution >= 4 is 15.9 Å². The average molecular weight is 509 g/mol. The molecule has 0 aromatic heterocycles. The maximum atomic E-state index is 13.9. The maximum Gasteiger partial charge on any atom is 0.332 e. The van der Waals surface area contributed by atoms with E-state index in [1.165, 1.54) is 51.4 Å². The highest BCUT2D eigenvalue weighted by Gasteiger charge is 2.35. The van der Waals surface area contributed by atoms with E-state index in [9.17, 15) is 22.0 Å². The highest BCUT2D eigenvalue weighted by atomic mass is 79.9. The lowest BCUT2D eigenvalue weighted by Gasteiger charge is -2.37. The van der Waals surface area contributed by atoms with Crippen LogP contribution in [0, 0.1) is 35.3 Å². The van der Waals surface area contributed by atoms with Crippen LogP contribution < -0.4 is 0 Å². The fourth-order valence-corrected chi connectivity index (χ4v) is 6.23. The number of hydrogen-bond acceptors (Lipinski definition) is 0. The second-order valence-corrected chi connectivity index (χ2v) is 10.7. The monoisotopic (exact) mass is 508 g/mol. The summed E-state index contributed by atoms with van der Waals surface area (Å²) in [6.07, 6.45) is 14.2. The lowest BCUT2D eigenvalue weighted by atomic mass is 9.68. The minimum absolute atomic E-state index is 0.178. The van der Waals surface area contributed by atoms with Crippen molar-refractivity contribution in [2.45, 2.75) is 88.3 Å². The third-order valence-electron chi connectivity index (χ3n) is 7.68. The zero-order valence-corrected chi connectivity index (χ0v) is 19.7. The van der Waals surface area contributed by atoms with Gasteiger partial charge in [-0.2, -0.15) is 8.78 Å². The van der Waals surface area contributed by atoms with Gasteiger partial charge in [-0.1, -0.05) is 38.5 Å². The van der Waals surface area contributed by atoms with Gasteiger partial charge in [-0.15, -0.1) is 0 Å². The number of halogens is 6. The summed E-state index contributed by atoms with van der Waals surface area (Å²) in [7, 11) is 0. The van der Waals surface area contributed by atoms with Crippen molar-refractivity contribution in [2.75, 3.05) is 6.67 Å². The van der Waals surface area contributed by atoms with Gasteiger partial charge in [-0.3, -0.25) is 4.39 Å². The van der Waals surface area contributed by atoms with E-state index in [1.807, 2.05) is 15.9 Å². The van der Waals surface area contributed by atoms with E-state index in [4.69, 9.17) is 0 Å². The van der Waals surface area contributed by atoms with Crippen LogP contribution in [-0.4, -0.2) is 6.67 Å². The summed E-state index contributed by atoms with van der Waals surface area (Å²) in [6, 6.07) is 2.06.